The fourth-order valence-corrected chi connectivity index (χ4v) is 4.57. The number of aliphatic hydroxyl groups excluding tert-OH is 1. The molecule has 1 rings (SSSR count). The molecule has 1 aliphatic rings. The zero-order chi connectivity index (χ0) is 13.6. The second-order valence-corrected chi connectivity index (χ2v) is 8.47. The second kappa shape index (κ2) is 6.98. The fraction of sp³-hybridized carbons (Fsp3) is 1.00. The molecule has 0 aromatic carbocycles. The lowest BCUT2D eigenvalue weighted by molar-refractivity contribution is -0.914. The predicted octanol–water partition coefficient (Wildman–Crippen LogP) is 0.785. The Morgan fingerprint density at radius 2 is 1.56 bits per heavy atom. The average molecular weight is 278 g/mol. The molecular formula is C12H28NO4Si+. The van der Waals surface area contributed by atoms with Crippen molar-refractivity contribution < 1.29 is 22.9 Å². The maximum Gasteiger partial charge on any atom is 0.530 e. The van der Waals surface area contributed by atoms with Crippen molar-refractivity contribution in [3.63, 3.8) is 0 Å². The number of aliphatic hydroxyl groups is 1. The van der Waals surface area contributed by atoms with E-state index in [1.807, 2.05) is 0 Å². The van der Waals surface area contributed by atoms with Crippen LogP contribution in [-0.4, -0.2) is 72.1 Å². The van der Waals surface area contributed by atoms with E-state index < -0.39 is 14.5 Å². The van der Waals surface area contributed by atoms with Crippen LogP contribution in [0.1, 0.15) is 25.7 Å². The summed E-state index contributed by atoms with van der Waals surface area (Å²) in [6.07, 6.45) is 4.57. The van der Waals surface area contributed by atoms with Gasteiger partial charge in [-0.15, -0.1) is 0 Å². The highest BCUT2D eigenvalue weighted by Crippen LogP contribution is 2.20. The van der Waals surface area contributed by atoms with Gasteiger partial charge in [-0.05, 0) is 19.3 Å². The van der Waals surface area contributed by atoms with Gasteiger partial charge in [-0.25, -0.2) is 0 Å². The van der Waals surface area contributed by atoms with E-state index in [4.69, 9.17) is 13.3 Å². The number of likely N-dealkylation sites (tertiary alicyclic amines) is 1. The van der Waals surface area contributed by atoms with Crippen LogP contribution in [0.4, 0.5) is 0 Å². The van der Waals surface area contributed by atoms with Crippen molar-refractivity contribution in [1.82, 2.24) is 0 Å². The second-order valence-electron chi connectivity index (χ2n) is 5.37. The van der Waals surface area contributed by atoms with E-state index in [2.05, 4.69) is 7.05 Å². The van der Waals surface area contributed by atoms with Crippen molar-refractivity contribution in [3.05, 3.63) is 0 Å². The van der Waals surface area contributed by atoms with E-state index in [0.29, 0.717) is 6.42 Å². The zero-order valence-electron chi connectivity index (χ0n) is 12.1. The van der Waals surface area contributed by atoms with Gasteiger partial charge in [0.25, 0.3) is 0 Å². The molecular weight excluding hydrogens is 250 g/mol. The fourth-order valence-electron chi connectivity index (χ4n) is 2.77. The highest BCUT2D eigenvalue weighted by atomic mass is 28.4. The van der Waals surface area contributed by atoms with Crippen molar-refractivity contribution in [2.24, 2.45) is 0 Å². The minimum absolute atomic E-state index is 0.644. The average Bonchev–Trinajstić information content (AvgIpc) is 2.40. The molecule has 5 nitrogen and oxygen atoms in total. The van der Waals surface area contributed by atoms with Crippen molar-refractivity contribution >= 4 is 8.80 Å². The summed E-state index contributed by atoms with van der Waals surface area (Å²) in [7, 11) is 4.00. The molecule has 6 heteroatoms. The van der Waals surface area contributed by atoms with Crippen LogP contribution >= 0.6 is 0 Å². The molecule has 0 aromatic heterocycles. The van der Waals surface area contributed by atoms with Crippen LogP contribution in [0.2, 0.25) is 0 Å². The van der Waals surface area contributed by atoms with E-state index in [9.17, 15) is 5.11 Å². The molecule has 1 heterocycles. The third kappa shape index (κ3) is 3.75. The Balaban J connectivity index is 2.50. The number of quaternary nitrogens is 1. The molecule has 1 N–H and O–H groups in total. The molecule has 0 saturated carbocycles. The van der Waals surface area contributed by atoms with E-state index in [0.717, 1.165) is 11.0 Å². The maximum absolute atomic E-state index is 10.3. The van der Waals surface area contributed by atoms with E-state index >= 15 is 0 Å². The van der Waals surface area contributed by atoms with Crippen LogP contribution in [0.25, 0.3) is 0 Å². The summed E-state index contributed by atoms with van der Waals surface area (Å²) in [6, 6.07) is 0. The van der Waals surface area contributed by atoms with E-state index in [1.54, 1.807) is 21.3 Å². The van der Waals surface area contributed by atoms with Gasteiger partial charge in [0.15, 0.2) is 0 Å². The Morgan fingerprint density at radius 1 is 1.06 bits per heavy atom. The first-order valence-electron chi connectivity index (χ1n) is 6.69. The molecule has 1 saturated heterocycles. The van der Waals surface area contributed by atoms with Gasteiger partial charge in [0, 0.05) is 27.8 Å². The van der Waals surface area contributed by atoms with Crippen LogP contribution < -0.4 is 0 Å². The van der Waals surface area contributed by atoms with Gasteiger partial charge >= 0.3 is 8.80 Å². The standard InChI is InChI=1S/C12H28NO4Si/c1-13(9-6-5-7-10-13)11-8-12(14)18(15-2,16-3)17-4/h12,14H,5-11H2,1-4H3/q+1. The lowest BCUT2D eigenvalue weighted by Crippen LogP contribution is -2.57. The van der Waals surface area contributed by atoms with Crippen LogP contribution in [0.3, 0.4) is 0 Å². The van der Waals surface area contributed by atoms with Gasteiger partial charge in [0.2, 0.25) is 0 Å². The lowest BCUT2D eigenvalue weighted by Gasteiger charge is -2.39. The van der Waals surface area contributed by atoms with Gasteiger partial charge in [-0.1, -0.05) is 0 Å². The van der Waals surface area contributed by atoms with Crippen LogP contribution in [0.15, 0.2) is 0 Å². The summed E-state index contributed by atoms with van der Waals surface area (Å²) in [5, 5.41) is 10.3. The lowest BCUT2D eigenvalue weighted by atomic mass is 10.1. The summed E-state index contributed by atoms with van der Waals surface area (Å²) in [5.74, 6) is 0. The number of hydrogen-bond acceptors (Lipinski definition) is 4. The van der Waals surface area contributed by atoms with Crippen molar-refractivity contribution in [3.8, 4) is 0 Å². The minimum Gasteiger partial charge on any atom is -0.388 e. The number of hydrogen-bond donors (Lipinski definition) is 1. The van der Waals surface area contributed by atoms with Crippen molar-refractivity contribution in [2.45, 2.75) is 31.4 Å². The topological polar surface area (TPSA) is 47.9 Å². The summed E-state index contributed by atoms with van der Waals surface area (Å²) < 4.78 is 17.0. The molecule has 18 heavy (non-hydrogen) atoms. The zero-order valence-corrected chi connectivity index (χ0v) is 13.1. The van der Waals surface area contributed by atoms with E-state index in [1.165, 1.54) is 32.4 Å². The maximum atomic E-state index is 10.3. The van der Waals surface area contributed by atoms with Crippen molar-refractivity contribution in [2.75, 3.05) is 48.0 Å². The number of piperidine rings is 1. The predicted molar refractivity (Wildman–Crippen MR) is 72.0 cm³/mol. The van der Waals surface area contributed by atoms with Gasteiger partial charge in [0.1, 0.15) is 5.73 Å². The third-order valence-corrected chi connectivity index (χ3v) is 6.91. The highest BCUT2D eigenvalue weighted by Gasteiger charge is 2.47. The first-order valence-corrected chi connectivity index (χ1v) is 8.49. The molecule has 0 spiro atoms. The molecule has 0 amide bonds. The summed E-state index contributed by atoms with van der Waals surface area (Å²) >= 11 is 0. The molecule has 0 bridgehead atoms. The van der Waals surface area contributed by atoms with Crippen LogP contribution in [-0.2, 0) is 13.3 Å². The largest absolute Gasteiger partial charge is 0.530 e. The smallest absolute Gasteiger partial charge is 0.388 e. The number of nitrogens with zero attached hydrogens (tertiary/aromatic N) is 1. The van der Waals surface area contributed by atoms with Crippen LogP contribution in [0.5, 0.6) is 0 Å². The van der Waals surface area contributed by atoms with Crippen LogP contribution in [0, 0.1) is 0 Å². The molecule has 1 aliphatic heterocycles. The first-order chi connectivity index (χ1) is 8.52. The van der Waals surface area contributed by atoms with Gasteiger partial charge in [-0.3, -0.25) is 0 Å². The molecule has 0 aromatic rings. The third-order valence-electron chi connectivity index (χ3n) is 4.10. The Kier molecular flexibility index (Phi) is 6.23. The molecule has 0 aliphatic carbocycles. The molecule has 0 radical (unpaired) electrons. The quantitative estimate of drug-likeness (QED) is 0.552. The Hall–Kier alpha value is 0.0169. The minimum atomic E-state index is -2.89. The molecule has 1 fully saturated rings. The molecule has 1 unspecified atom stereocenters. The summed E-state index contributed by atoms with van der Waals surface area (Å²) in [6.45, 7) is 3.36. The summed E-state index contributed by atoms with van der Waals surface area (Å²) in [5.41, 5.74) is -0.644. The SMILES string of the molecule is CO[Si](OC)(OC)C(O)CC[N+]1(C)CCCCC1. The van der Waals surface area contributed by atoms with Gasteiger partial charge in [-0.2, -0.15) is 0 Å². The Morgan fingerprint density at radius 3 is 2.00 bits per heavy atom. The van der Waals surface area contributed by atoms with E-state index in [-0.39, 0.29) is 0 Å². The highest BCUT2D eigenvalue weighted by molar-refractivity contribution is 6.61. The monoisotopic (exact) mass is 278 g/mol. The Bertz CT molecular complexity index is 234. The van der Waals surface area contributed by atoms with Gasteiger partial charge < -0.3 is 22.9 Å². The summed E-state index contributed by atoms with van der Waals surface area (Å²) in [4.78, 5) is 0. The van der Waals surface area contributed by atoms with Gasteiger partial charge in [0.05, 0.1) is 26.7 Å². The Labute approximate surface area is 112 Å². The number of rotatable bonds is 7. The molecule has 108 valence electrons. The first kappa shape index (κ1) is 16.1. The van der Waals surface area contributed by atoms with Crippen molar-refractivity contribution in [1.29, 1.82) is 0 Å². The normalized spacial score (nSPS) is 21.8. The molecule has 1 atom stereocenters.